The smallest absolute Gasteiger partial charge is 0.0946 e. The van der Waals surface area contributed by atoms with Crippen molar-refractivity contribution in [3.8, 4) is 6.07 Å². The van der Waals surface area contributed by atoms with E-state index in [1.54, 1.807) is 0 Å². The maximum absolute atomic E-state index is 9.07. The van der Waals surface area contributed by atoms with E-state index in [-0.39, 0.29) is 0 Å². The second-order valence-corrected chi connectivity index (χ2v) is 4.21. The molecule has 0 aromatic rings. The molecule has 1 aliphatic rings. The highest BCUT2D eigenvalue weighted by atomic mass is 14.3. The van der Waals surface area contributed by atoms with Gasteiger partial charge < -0.3 is 0 Å². The lowest BCUT2D eigenvalue weighted by Gasteiger charge is -2.15. The third-order valence-corrected chi connectivity index (χ3v) is 3.05. The van der Waals surface area contributed by atoms with Crippen molar-refractivity contribution in [3.63, 3.8) is 0 Å². The number of hydrogen-bond acceptors (Lipinski definition) is 1. The van der Waals surface area contributed by atoms with Crippen LogP contribution in [0.25, 0.3) is 0 Å². The van der Waals surface area contributed by atoms with Gasteiger partial charge in [0.25, 0.3) is 0 Å². The zero-order chi connectivity index (χ0) is 10.2. The number of nitriles is 1. The summed E-state index contributed by atoms with van der Waals surface area (Å²) in [5.41, 5.74) is 2.58. The standard InChI is InChI=1S/C13H21N/c1-2-3-5-10-13(11-14)12-8-6-4-7-9-12/h2-10H2,1H3. The summed E-state index contributed by atoms with van der Waals surface area (Å²) in [4.78, 5) is 0. The van der Waals surface area contributed by atoms with Crippen molar-refractivity contribution in [1.82, 2.24) is 0 Å². The van der Waals surface area contributed by atoms with Gasteiger partial charge in [0.1, 0.15) is 0 Å². The first-order valence-corrected chi connectivity index (χ1v) is 5.99. The molecule has 0 radical (unpaired) electrons. The van der Waals surface area contributed by atoms with E-state index in [0.717, 1.165) is 12.0 Å². The van der Waals surface area contributed by atoms with Gasteiger partial charge in [-0.05, 0) is 38.5 Å². The number of rotatable bonds is 4. The van der Waals surface area contributed by atoms with Crippen LogP contribution in [0.5, 0.6) is 0 Å². The normalized spacial score (nSPS) is 16.4. The van der Waals surface area contributed by atoms with Gasteiger partial charge in [0.05, 0.1) is 6.07 Å². The molecule has 14 heavy (non-hydrogen) atoms. The highest BCUT2D eigenvalue weighted by Crippen LogP contribution is 2.27. The quantitative estimate of drug-likeness (QED) is 0.478. The third kappa shape index (κ3) is 3.54. The average molecular weight is 191 g/mol. The van der Waals surface area contributed by atoms with Gasteiger partial charge in [-0.2, -0.15) is 5.26 Å². The van der Waals surface area contributed by atoms with Crippen LogP contribution in [0.2, 0.25) is 0 Å². The molecule has 1 nitrogen and oxygen atoms in total. The summed E-state index contributed by atoms with van der Waals surface area (Å²) in [5, 5.41) is 9.07. The maximum atomic E-state index is 9.07. The first kappa shape index (κ1) is 11.3. The zero-order valence-electron chi connectivity index (χ0n) is 9.31. The minimum absolute atomic E-state index is 1.03. The molecule has 0 saturated heterocycles. The fourth-order valence-electron chi connectivity index (χ4n) is 2.14. The second-order valence-electron chi connectivity index (χ2n) is 4.21. The predicted octanol–water partition coefficient (Wildman–Crippen LogP) is 4.35. The number of nitrogens with zero attached hydrogens (tertiary/aromatic N) is 1. The monoisotopic (exact) mass is 191 g/mol. The van der Waals surface area contributed by atoms with Crippen molar-refractivity contribution < 1.29 is 0 Å². The van der Waals surface area contributed by atoms with E-state index in [0.29, 0.717) is 0 Å². The van der Waals surface area contributed by atoms with E-state index in [1.165, 1.54) is 56.9 Å². The molecule has 1 fully saturated rings. The Bertz CT molecular complexity index is 224. The lowest BCUT2D eigenvalue weighted by Crippen LogP contribution is -1.98. The first-order valence-electron chi connectivity index (χ1n) is 5.99. The van der Waals surface area contributed by atoms with Crippen LogP contribution in [0.1, 0.15) is 64.7 Å². The van der Waals surface area contributed by atoms with E-state index in [1.807, 2.05) is 0 Å². The Balaban J connectivity index is 2.46. The Kier molecular flexibility index (Phi) is 5.37. The van der Waals surface area contributed by atoms with E-state index in [4.69, 9.17) is 5.26 Å². The van der Waals surface area contributed by atoms with Crippen molar-refractivity contribution in [2.24, 2.45) is 0 Å². The zero-order valence-corrected chi connectivity index (χ0v) is 9.31. The van der Waals surface area contributed by atoms with Crippen LogP contribution in [0, 0.1) is 11.3 Å². The molecule has 1 heteroatoms. The Morgan fingerprint density at radius 2 is 1.93 bits per heavy atom. The van der Waals surface area contributed by atoms with Gasteiger partial charge in [0, 0.05) is 5.57 Å². The van der Waals surface area contributed by atoms with Gasteiger partial charge in [-0.15, -0.1) is 0 Å². The minimum Gasteiger partial charge on any atom is -0.193 e. The molecule has 0 heterocycles. The van der Waals surface area contributed by atoms with Gasteiger partial charge in [-0.3, -0.25) is 0 Å². The van der Waals surface area contributed by atoms with Gasteiger partial charge >= 0.3 is 0 Å². The number of hydrogen-bond donors (Lipinski definition) is 0. The van der Waals surface area contributed by atoms with Gasteiger partial charge in [-0.25, -0.2) is 0 Å². The average Bonchev–Trinajstić information content (AvgIpc) is 2.26. The molecule has 0 aromatic carbocycles. The van der Waals surface area contributed by atoms with Gasteiger partial charge in [-0.1, -0.05) is 31.8 Å². The predicted molar refractivity (Wildman–Crippen MR) is 59.9 cm³/mol. The maximum Gasteiger partial charge on any atom is 0.0946 e. The van der Waals surface area contributed by atoms with Gasteiger partial charge in [0.2, 0.25) is 0 Å². The van der Waals surface area contributed by atoms with Crippen molar-refractivity contribution in [1.29, 1.82) is 5.26 Å². The minimum atomic E-state index is 1.03. The summed E-state index contributed by atoms with van der Waals surface area (Å²) in [7, 11) is 0. The number of allylic oxidation sites excluding steroid dienone is 2. The molecule has 78 valence electrons. The molecule has 1 aliphatic carbocycles. The highest BCUT2D eigenvalue weighted by molar-refractivity contribution is 5.28. The van der Waals surface area contributed by atoms with Crippen LogP contribution in [0.3, 0.4) is 0 Å². The second kappa shape index (κ2) is 6.65. The van der Waals surface area contributed by atoms with E-state index >= 15 is 0 Å². The number of unbranched alkanes of at least 4 members (excludes halogenated alkanes) is 2. The molecule has 0 unspecified atom stereocenters. The lowest BCUT2D eigenvalue weighted by atomic mass is 9.89. The van der Waals surface area contributed by atoms with Crippen LogP contribution in [-0.2, 0) is 0 Å². The molecular formula is C13H21N. The molecule has 1 saturated carbocycles. The fraction of sp³-hybridized carbons (Fsp3) is 0.769. The molecule has 0 bridgehead atoms. The highest BCUT2D eigenvalue weighted by Gasteiger charge is 2.10. The summed E-state index contributed by atoms with van der Waals surface area (Å²) in [5.74, 6) is 0. The first-order chi connectivity index (χ1) is 6.88. The van der Waals surface area contributed by atoms with Gasteiger partial charge in [0.15, 0.2) is 0 Å². The lowest BCUT2D eigenvalue weighted by molar-refractivity contribution is 0.589. The van der Waals surface area contributed by atoms with Crippen molar-refractivity contribution >= 4 is 0 Å². The summed E-state index contributed by atoms with van der Waals surface area (Å²) in [6.45, 7) is 2.21. The topological polar surface area (TPSA) is 23.8 Å². The molecule has 0 aromatic heterocycles. The SMILES string of the molecule is CCCCCC(C#N)=C1CCCCC1. The van der Waals surface area contributed by atoms with Crippen molar-refractivity contribution in [2.45, 2.75) is 64.7 Å². The molecule has 0 aliphatic heterocycles. The van der Waals surface area contributed by atoms with E-state index in [9.17, 15) is 0 Å². The molecule has 1 rings (SSSR count). The summed E-state index contributed by atoms with van der Waals surface area (Å²) in [6.07, 6.45) is 11.1. The largest absolute Gasteiger partial charge is 0.193 e. The van der Waals surface area contributed by atoms with E-state index < -0.39 is 0 Å². The van der Waals surface area contributed by atoms with Crippen LogP contribution in [0.4, 0.5) is 0 Å². The fourth-order valence-corrected chi connectivity index (χ4v) is 2.14. The van der Waals surface area contributed by atoms with E-state index in [2.05, 4.69) is 13.0 Å². The Morgan fingerprint density at radius 3 is 2.50 bits per heavy atom. The van der Waals surface area contributed by atoms with Crippen LogP contribution in [-0.4, -0.2) is 0 Å². The molecule has 0 spiro atoms. The summed E-state index contributed by atoms with van der Waals surface area (Å²) >= 11 is 0. The van der Waals surface area contributed by atoms with Crippen LogP contribution in [0.15, 0.2) is 11.1 Å². The van der Waals surface area contributed by atoms with Crippen molar-refractivity contribution in [2.75, 3.05) is 0 Å². The Hall–Kier alpha value is -0.770. The summed E-state index contributed by atoms with van der Waals surface area (Å²) in [6, 6.07) is 2.41. The van der Waals surface area contributed by atoms with Crippen LogP contribution >= 0.6 is 0 Å². The summed E-state index contributed by atoms with van der Waals surface area (Å²) < 4.78 is 0. The molecule has 0 amide bonds. The molecular weight excluding hydrogens is 170 g/mol. The molecule has 0 N–H and O–H groups in total. The van der Waals surface area contributed by atoms with Crippen molar-refractivity contribution in [3.05, 3.63) is 11.1 Å². The molecule has 0 atom stereocenters. The Labute approximate surface area is 87.8 Å². The Morgan fingerprint density at radius 1 is 1.21 bits per heavy atom. The van der Waals surface area contributed by atoms with Crippen LogP contribution < -0.4 is 0 Å². The third-order valence-electron chi connectivity index (χ3n) is 3.05.